The number of rotatable bonds is 8. The van der Waals surface area contributed by atoms with Crippen LogP contribution in [0.15, 0.2) is 39.4 Å². The molecule has 0 unspecified atom stereocenters. The van der Waals surface area contributed by atoms with Gasteiger partial charge in [-0.1, -0.05) is 17.7 Å². The quantitative estimate of drug-likeness (QED) is 0.634. The molecule has 2 aliphatic heterocycles. The normalized spacial score (nSPS) is 23.3. The van der Waals surface area contributed by atoms with Crippen molar-refractivity contribution in [1.29, 1.82) is 0 Å². The number of terminal acetylenes is 1. The molecule has 2 aliphatic rings. The van der Waals surface area contributed by atoms with E-state index in [1.54, 1.807) is 12.1 Å². The van der Waals surface area contributed by atoms with Gasteiger partial charge >= 0.3 is 0 Å². The van der Waals surface area contributed by atoms with Gasteiger partial charge in [0, 0.05) is 38.8 Å². The number of β-amino-alcohol motifs (C(OH)–C–C–N with tert-alkyl or cyclic N) is 1. The number of carbonyl (C=O) groups excluding carboxylic acids is 1. The van der Waals surface area contributed by atoms with Crippen LogP contribution in [0.3, 0.4) is 0 Å². The van der Waals surface area contributed by atoms with Crippen molar-refractivity contribution in [3.05, 3.63) is 29.8 Å². The second-order valence-electron chi connectivity index (χ2n) is 7.22. The molecule has 1 aromatic rings. The average molecular weight is 404 g/mol. The molecule has 150 valence electrons. The van der Waals surface area contributed by atoms with Crippen LogP contribution in [-0.2, 0) is 14.8 Å². The van der Waals surface area contributed by atoms with Crippen LogP contribution in [0.2, 0.25) is 0 Å². The van der Waals surface area contributed by atoms with E-state index in [0.717, 1.165) is 9.87 Å². The Morgan fingerprint density at radius 3 is 2.64 bits per heavy atom. The molecule has 28 heavy (non-hydrogen) atoms. The molecule has 0 bridgehead atoms. The van der Waals surface area contributed by atoms with Gasteiger partial charge in [-0.25, -0.2) is 8.42 Å². The Kier molecular flexibility index (Phi) is 5.84. The van der Waals surface area contributed by atoms with Gasteiger partial charge in [0.15, 0.2) is 5.66 Å². The number of aliphatic hydroxyl groups is 1. The van der Waals surface area contributed by atoms with E-state index in [0.29, 0.717) is 25.8 Å². The van der Waals surface area contributed by atoms with Crippen molar-refractivity contribution in [2.24, 2.45) is 10.2 Å². The zero-order chi connectivity index (χ0) is 20.4. The highest BCUT2D eigenvalue weighted by molar-refractivity contribution is 7.89. The maximum atomic E-state index is 13.0. The summed E-state index contributed by atoms with van der Waals surface area (Å²) >= 11 is 0. The van der Waals surface area contributed by atoms with E-state index in [-0.39, 0.29) is 17.9 Å². The number of sulfonamides is 1. The fourth-order valence-electron chi connectivity index (χ4n) is 3.31. The van der Waals surface area contributed by atoms with Gasteiger partial charge in [0.1, 0.15) is 6.04 Å². The van der Waals surface area contributed by atoms with Crippen LogP contribution in [0.25, 0.3) is 0 Å². The smallest absolute Gasteiger partial charge is 0.243 e. The van der Waals surface area contributed by atoms with Crippen molar-refractivity contribution < 1.29 is 18.3 Å². The summed E-state index contributed by atoms with van der Waals surface area (Å²) in [5.74, 6) is 2.11. The SMILES string of the molecule is C#CCCC1(CCNC(=O)[C@H]2C[C@@H](O)CN2S(=O)(=O)c2ccc(C)cc2)N=N1. The number of nitrogens with zero attached hydrogens (tertiary/aromatic N) is 3. The summed E-state index contributed by atoms with van der Waals surface area (Å²) < 4.78 is 27.0. The first-order chi connectivity index (χ1) is 13.3. The van der Waals surface area contributed by atoms with Gasteiger partial charge in [-0.2, -0.15) is 14.5 Å². The fraction of sp³-hybridized carbons (Fsp3) is 0.526. The van der Waals surface area contributed by atoms with E-state index in [2.05, 4.69) is 21.5 Å². The van der Waals surface area contributed by atoms with Gasteiger partial charge in [-0.15, -0.1) is 12.3 Å². The van der Waals surface area contributed by atoms with Gasteiger partial charge in [0.25, 0.3) is 0 Å². The zero-order valence-electron chi connectivity index (χ0n) is 15.7. The number of aryl methyl sites for hydroxylation is 1. The second kappa shape index (κ2) is 7.99. The minimum atomic E-state index is -3.88. The third-order valence-electron chi connectivity index (χ3n) is 5.04. The number of hydrogen-bond acceptors (Lipinski definition) is 6. The molecular weight excluding hydrogens is 380 g/mol. The van der Waals surface area contributed by atoms with Crippen LogP contribution in [0.1, 0.15) is 31.2 Å². The van der Waals surface area contributed by atoms with E-state index in [1.807, 2.05) is 6.92 Å². The number of carbonyl (C=O) groups is 1. The summed E-state index contributed by atoms with van der Waals surface area (Å²) in [5.41, 5.74) is 0.423. The Hall–Kier alpha value is -2.28. The first-order valence-corrected chi connectivity index (χ1v) is 10.6. The third-order valence-corrected chi connectivity index (χ3v) is 6.93. The molecule has 9 heteroatoms. The molecule has 3 rings (SSSR count). The molecule has 2 heterocycles. The molecule has 0 aromatic heterocycles. The van der Waals surface area contributed by atoms with Gasteiger partial charge in [0.05, 0.1) is 11.0 Å². The lowest BCUT2D eigenvalue weighted by molar-refractivity contribution is -0.124. The van der Waals surface area contributed by atoms with Crippen molar-refractivity contribution in [3.8, 4) is 12.3 Å². The van der Waals surface area contributed by atoms with Crippen LogP contribution in [-0.4, -0.2) is 54.6 Å². The molecule has 0 aliphatic carbocycles. The first-order valence-electron chi connectivity index (χ1n) is 9.19. The van der Waals surface area contributed by atoms with E-state index in [1.165, 1.54) is 12.1 Å². The highest BCUT2D eigenvalue weighted by Crippen LogP contribution is 2.36. The van der Waals surface area contributed by atoms with Gasteiger partial charge in [-0.05, 0) is 19.1 Å². The number of aliphatic hydroxyl groups excluding tert-OH is 1. The summed E-state index contributed by atoms with van der Waals surface area (Å²) in [4.78, 5) is 12.7. The van der Waals surface area contributed by atoms with Crippen LogP contribution in [0.4, 0.5) is 0 Å². The Morgan fingerprint density at radius 1 is 1.36 bits per heavy atom. The molecule has 1 saturated heterocycles. The lowest BCUT2D eigenvalue weighted by Crippen LogP contribution is -2.46. The molecule has 0 spiro atoms. The van der Waals surface area contributed by atoms with Crippen LogP contribution in [0, 0.1) is 19.3 Å². The lowest BCUT2D eigenvalue weighted by atomic mass is 10.0. The molecule has 2 atom stereocenters. The largest absolute Gasteiger partial charge is 0.392 e. The van der Waals surface area contributed by atoms with Crippen molar-refractivity contribution in [3.63, 3.8) is 0 Å². The minimum absolute atomic E-state index is 0.0634. The predicted octanol–water partition coefficient (Wildman–Crippen LogP) is 1.20. The minimum Gasteiger partial charge on any atom is -0.392 e. The lowest BCUT2D eigenvalue weighted by Gasteiger charge is -2.23. The third kappa shape index (κ3) is 4.41. The van der Waals surface area contributed by atoms with Gasteiger partial charge in [-0.3, -0.25) is 4.79 Å². The molecule has 1 aromatic carbocycles. The van der Waals surface area contributed by atoms with Gasteiger partial charge < -0.3 is 10.4 Å². The number of benzene rings is 1. The van der Waals surface area contributed by atoms with E-state index in [4.69, 9.17) is 6.42 Å². The standard InChI is InChI=1S/C19H24N4O4S/c1-3-4-9-19(21-22-19)10-11-20-18(25)17-12-15(24)13-23(17)28(26,27)16-7-5-14(2)6-8-16/h1,5-8,15,17,24H,4,9-13H2,2H3,(H,20,25)/t15-,17-/m1/s1. The fourth-order valence-corrected chi connectivity index (χ4v) is 4.94. The molecular formula is C19H24N4O4S. The number of nitrogens with one attached hydrogen (secondary N) is 1. The summed E-state index contributed by atoms with van der Waals surface area (Å²) in [6, 6.07) is 5.47. The Morgan fingerprint density at radius 2 is 2.04 bits per heavy atom. The van der Waals surface area contributed by atoms with Gasteiger partial charge in [0.2, 0.25) is 15.9 Å². The predicted molar refractivity (Wildman–Crippen MR) is 103 cm³/mol. The van der Waals surface area contributed by atoms with Crippen molar-refractivity contribution in [2.45, 2.75) is 55.3 Å². The second-order valence-corrected chi connectivity index (χ2v) is 9.11. The highest BCUT2D eigenvalue weighted by Gasteiger charge is 2.44. The van der Waals surface area contributed by atoms with E-state index < -0.39 is 33.7 Å². The van der Waals surface area contributed by atoms with Crippen LogP contribution < -0.4 is 5.32 Å². The highest BCUT2D eigenvalue weighted by atomic mass is 32.2. The van der Waals surface area contributed by atoms with E-state index >= 15 is 0 Å². The van der Waals surface area contributed by atoms with Crippen LogP contribution in [0.5, 0.6) is 0 Å². The monoisotopic (exact) mass is 404 g/mol. The average Bonchev–Trinajstić information content (AvgIpc) is 3.31. The molecule has 2 N–H and O–H groups in total. The summed E-state index contributed by atoms with van der Waals surface area (Å²) in [6.07, 6.45) is 6.14. The first kappa shape index (κ1) is 20.5. The molecule has 0 saturated carbocycles. The topological polar surface area (TPSA) is 111 Å². The van der Waals surface area contributed by atoms with Crippen molar-refractivity contribution in [2.75, 3.05) is 13.1 Å². The van der Waals surface area contributed by atoms with E-state index in [9.17, 15) is 18.3 Å². The molecule has 1 fully saturated rings. The van der Waals surface area contributed by atoms with Crippen LogP contribution >= 0.6 is 0 Å². The van der Waals surface area contributed by atoms with Crippen molar-refractivity contribution >= 4 is 15.9 Å². The Bertz CT molecular complexity index is 899. The zero-order valence-corrected chi connectivity index (χ0v) is 16.5. The summed E-state index contributed by atoms with van der Waals surface area (Å²) in [5, 5.41) is 20.8. The Balaban J connectivity index is 1.64. The van der Waals surface area contributed by atoms with Crippen molar-refractivity contribution in [1.82, 2.24) is 9.62 Å². The Labute approximate surface area is 165 Å². The summed E-state index contributed by atoms with van der Waals surface area (Å²) in [6.45, 7) is 2.06. The molecule has 0 radical (unpaired) electrons. The maximum Gasteiger partial charge on any atom is 0.243 e. The molecule has 8 nitrogen and oxygen atoms in total. The number of amides is 1. The number of hydrogen-bond donors (Lipinski definition) is 2. The summed E-state index contributed by atoms with van der Waals surface area (Å²) in [7, 11) is -3.88. The molecule has 1 amide bonds. The maximum absolute atomic E-state index is 13.0.